The van der Waals surface area contributed by atoms with Gasteiger partial charge in [0.05, 0.1) is 45.3 Å². The van der Waals surface area contributed by atoms with Crippen LogP contribution in [0.5, 0.6) is 0 Å². The van der Waals surface area contributed by atoms with Gasteiger partial charge in [0, 0.05) is 21.7 Å². The highest BCUT2D eigenvalue weighted by molar-refractivity contribution is 6.10. The summed E-state index contributed by atoms with van der Waals surface area (Å²) in [7, 11) is 0. The molecule has 7 aromatic rings. The number of aromatic nitrogens is 2. The molecule has 8 rings (SSSR count). The van der Waals surface area contributed by atoms with Gasteiger partial charge in [0.25, 0.3) is 0 Å². The molecule has 0 unspecified atom stereocenters. The molecule has 4 nitrogen and oxygen atoms in total. The molecule has 2 heterocycles. The number of aryl methyl sites for hydroxylation is 4. The van der Waals surface area contributed by atoms with Gasteiger partial charge in [-0.25, -0.2) is 0 Å². The number of allylic oxidation sites excluding steroid dienone is 1. The van der Waals surface area contributed by atoms with Gasteiger partial charge in [0.1, 0.15) is 11.6 Å². The summed E-state index contributed by atoms with van der Waals surface area (Å²) in [6, 6.07) is 36.8. The van der Waals surface area contributed by atoms with Gasteiger partial charge < -0.3 is 9.13 Å². The topological polar surface area (TPSA) is 57.4 Å². The third-order valence-corrected chi connectivity index (χ3v) is 9.54. The largest absolute Gasteiger partial charge is 0.308 e. The second-order valence-electron chi connectivity index (χ2n) is 12.7. The highest BCUT2D eigenvalue weighted by atomic mass is 15.0. The lowest BCUT2D eigenvalue weighted by Crippen LogP contribution is -2.09. The van der Waals surface area contributed by atoms with E-state index in [-0.39, 0.29) is 0 Å². The minimum atomic E-state index is 0.588. The maximum absolute atomic E-state index is 11.3. The molecule has 0 atom stereocenters. The molecule has 0 N–H and O–H groups in total. The third kappa shape index (κ3) is 4.12. The predicted molar refractivity (Wildman–Crippen MR) is 189 cm³/mol. The van der Waals surface area contributed by atoms with Crippen LogP contribution in [-0.4, -0.2) is 9.13 Å². The molecule has 0 amide bonds. The maximum Gasteiger partial charge on any atom is 0.104 e. The SMILES string of the molecule is CC1=Cc2c(c3ccc(C)cc3n2-c2c(-c3cccc(C#N)c3)ccc(-n3c4cc(C)ccc4c4ccc(C)cc43)c2C#N)CC1. The van der Waals surface area contributed by atoms with Crippen LogP contribution in [0.25, 0.3) is 61.3 Å². The van der Waals surface area contributed by atoms with E-state index in [9.17, 15) is 10.5 Å². The number of benzene rings is 5. The second kappa shape index (κ2) is 10.4. The van der Waals surface area contributed by atoms with Crippen molar-refractivity contribution in [2.75, 3.05) is 0 Å². The number of rotatable bonds is 3. The van der Waals surface area contributed by atoms with E-state index in [1.807, 2.05) is 24.3 Å². The lowest BCUT2D eigenvalue weighted by atomic mass is 9.95. The first-order valence-corrected chi connectivity index (χ1v) is 15.8. The van der Waals surface area contributed by atoms with Gasteiger partial charge in [0.2, 0.25) is 0 Å². The smallest absolute Gasteiger partial charge is 0.104 e. The molecule has 4 heteroatoms. The van der Waals surface area contributed by atoms with Crippen LogP contribution in [0.3, 0.4) is 0 Å². The molecule has 0 saturated heterocycles. The molecule has 0 spiro atoms. The number of hydrogen-bond donors (Lipinski definition) is 0. The van der Waals surface area contributed by atoms with Crippen molar-refractivity contribution in [3.05, 3.63) is 136 Å². The zero-order chi connectivity index (χ0) is 31.7. The monoisotopic (exact) mass is 592 g/mol. The fourth-order valence-corrected chi connectivity index (χ4v) is 7.36. The zero-order valence-corrected chi connectivity index (χ0v) is 26.4. The van der Waals surface area contributed by atoms with Gasteiger partial charge in [0.15, 0.2) is 0 Å². The molecular formula is C42H32N4. The Morgan fingerprint density at radius 3 is 1.87 bits per heavy atom. The van der Waals surface area contributed by atoms with E-state index >= 15 is 0 Å². The first kappa shape index (κ1) is 27.7. The summed E-state index contributed by atoms with van der Waals surface area (Å²) in [4.78, 5) is 0. The second-order valence-corrected chi connectivity index (χ2v) is 12.7. The third-order valence-electron chi connectivity index (χ3n) is 9.54. The number of nitrogens with zero attached hydrogens (tertiary/aromatic N) is 4. The Morgan fingerprint density at radius 1 is 0.609 bits per heavy atom. The van der Waals surface area contributed by atoms with Crippen molar-refractivity contribution in [2.45, 2.75) is 40.5 Å². The molecule has 1 aliphatic carbocycles. The van der Waals surface area contributed by atoms with Gasteiger partial charge in [-0.2, -0.15) is 10.5 Å². The predicted octanol–water partition coefficient (Wildman–Crippen LogP) is 10.4. The van der Waals surface area contributed by atoms with Crippen LogP contribution in [0.4, 0.5) is 0 Å². The van der Waals surface area contributed by atoms with Gasteiger partial charge in [-0.1, -0.05) is 60.2 Å². The first-order valence-electron chi connectivity index (χ1n) is 15.8. The molecule has 0 fully saturated rings. The number of fused-ring (bicyclic) bond motifs is 6. The Morgan fingerprint density at radius 2 is 1.24 bits per heavy atom. The van der Waals surface area contributed by atoms with Crippen LogP contribution in [0.2, 0.25) is 0 Å². The van der Waals surface area contributed by atoms with Crippen molar-refractivity contribution in [1.29, 1.82) is 10.5 Å². The van der Waals surface area contributed by atoms with Crippen molar-refractivity contribution in [3.63, 3.8) is 0 Å². The summed E-state index contributed by atoms with van der Waals surface area (Å²) in [6.07, 6.45) is 4.27. The molecule has 0 saturated carbocycles. The first-order chi connectivity index (χ1) is 22.4. The van der Waals surface area contributed by atoms with Crippen molar-refractivity contribution >= 4 is 38.8 Å². The van der Waals surface area contributed by atoms with Crippen molar-refractivity contribution < 1.29 is 0 Å². The van der Waals surface area contributed by atoms with Crippen LogP contribution in [0.1, 0.15) is 52.4 Å². The molecular weight excluding hydrogens is 560 g/mol. The van der Waals surface area contributed by atoms with E-state index < -0.39 is 0 Å². The molecule has 5 aromatic carbocycles. The average Bonchev–Trinajstić information content (AvgIpc) is 3.54. The Balaban J connectivity index is 1.58. The summed E-state index contributed by atoms with van der Waals surface area (Å²) in [5.74, 6) is 0. The standard InChI is InChI=1S/C42H32N4/c1-25-8-12-32-33-13-9-26(2)19-39(33)45(38(32)18-25)37-17-16-31(30-7-5-6-29(22-30)23-43)42(36(37)24-44)46-40-20-27(3)10-14-34(40)35-15-11-28(4)21-41(35)46/h5-10,12-14,16-22H,11,15H2,1-4H3. The van der Waals surface area contributed by atoms with Gasteiger partial charge >= 0.3 is 0 Å². The van der Waals surface area contributed by atoms with E-state index in [4.69, 9.17) is 0 Å². The van der Waals surface area contributed by atoms with Crippen LogP contribution in [0.15, 0.2) is 96.6 Å². The average molecular weight is 593 g/mol. The molecule has 220 valence electrons. The van der Waals surface area contributed by atoms with Crippen molar-refractivity contribution in [2.24, 2.45) is 0 Å². The summed E-state index contributed by atoms with van der Waals surface area (Å²) in [6.45, 7) is 8.55. The minimum Gasteiger partial charge on any atom is -0.308 e. The van der Waals surface area contributed by atoms with Crippen molar-refractivity contribution in [3.8, 4) is 34.6 Å². The highest BCUT2D eigenvalue weighted by Gasteiger charge is 2.27. The Bertz CT molecular complexity index is 2480. The maximum atomic E-state index is 11.3. The molecule has 2 aromatic heterocycles. The summed E-state index contributed by atoms with van der Waals surface area (Å²) in [5.41, 5.74) is 15.2. The number of hydrogen-bond acceptors (Lipinski definition) is 2. The van der Waals surface area contributed by atoms with E-state index in [0.717, 1.165) is 68.4 Å². The van der Waals surface area contributed by atoms with Crippen molar-refractivity contribution in [1.82, 2.24) is 9.13 Å². The summed E-state index contributed by atoms with van der Waals surface area (Å²) < 4.78 is 4.59. The summed E-state index contributed by atoms with van der Waals surface area (Å²) >= 11 is 0. The quantitative estimate of drug-likeness (QED) is 0.205. The Labute approximate surface area is 268 Å². The molecule has 1 aliphatic rings. The minimum absolute atomic E-state index is 0.588. The van der Waals surface area contributed by atoms with E-state index in [1.165, 1.54) is 33.2 Å². The lowest BCUT2D eigenvalue weighted by molar-refractivity contribution is 0.916. The fourth-order valence-electron chi connectivity index (χ4n) is 7.36. The Hall–Kier alpha value is -5.84. The van der Waals surface area contributed by atoms with Crippen LogP contribution >= 0.6 is 0 Å². The van der Waals surface area contributed by atoms with E-state index in [2.05, 4.69) is 122 Å². The van der Waals surface area contributed by atoms with Gasteiger partial charge in [-0.05, 0) is 111 Å². The highest BCUT2D eigenvalue weighted by Crippen LogP contribution is 2.43. The van der Waals surface area contributed by atoms with E-state index in [1.54, 1.807) is 0 Å². The molecule has 0 radical (unpaired) electrons. The van der Waals surface area contributed by atoms with Gasteiger partial charge in [-0.15, -0.1) is 0 Å². The normalized spacial score (nSPS) is 12.7. The van der Waals surface area contributed by atoms with Gasteiger partial charge in [-0.3, -0.25) is 0 Å². The van der Waals surface area contributed by atoms with E-state index in [0.29, 0.717) is 11.1 Å². The number of nitriles is 2. The lowest BCUT2D eigenvalue weighted by Gasteiger charge is -2.22. The molecule has 46 heavy (non-hydrogen) atoms. The fraction of sp³-hybridized carbons (Fsp3) is 0.143. The van der Waals surface area contributed by atoms with Crippen LogP contribution < -0.4 is 0 Å². The van der Waals surface area contributed by atoms with Crippen LogP contribution in [-0.2, 0) is 6.42 Å². The summed E-state index contributed by atoms with van der Waals surface area (Å²) in [5, 5.41) is 24.6. The van der Waals surface area contributed by atoms with Crippen LogP contribution in [0, 0.1) is 43.4 Å². The molecule has 0 aliphatic heterocycles. The molecule has 0 bridgehead atoms. The zero-order valence-electron chi connectivity index (χ0n) is 26.4. The Kier molecular flexibility index (Phi) is 6.24.